The lowest BCUT2D eigenvalue weighted by atomic mass is 10.0. The highest BCUT2D eigenvalue weighted by Crippen LogP contribution is 2.33. The predicted molar refractivity (Wildman–Crippen MR) is 138 cm³/mol. The van der Waals surface area contributed by atoms with Crippen molar-refractivity contribution in [1.29, 1.82) is 0 Å². The van der Waals surface area contributed by atoms with Crippen molar-refractivity contribution >= 4 is 23.1 Å². The van der Waals surface area contributed by atoms with Gasteiger partial charge in [0, 0.05) is 42.5 Å². The van der Waals surface area contributed by atoms with Gasteiger partial charge in [-0.3, -0.25) is 9.67 Å². The number of aliphatic hydroxyl groups is 1. The molecular weight excluding hydrogens is 461 g/mol. The Morgan fingerprint density at radius 2 is 2.14 bits per heavy atom. The molecule has 2 N–H and O–H groups in total. The summed E-state index contributed by atoms with van der Waals surface area (Å²) in [5.41, 5.74) is 4.78. The summed E-state index contributed by atoms with van der Waals surface area (Å²) in [6.45, 7) is 3.76. The van der Waals surface area contributed by atoms with Gasteiger partial charge in [-0.2, -0.15) is 5.10 Å². The summed E-state index contributed by atoms with van der Waals surface area (Å²) in [7, 11) is 1.90. The number of hydrogen-bond donors (Lipinski definition) is 2. The molecule has 5 rings (SSSR count). The smallest absolute Gasteiger partial charge is 0.226 e. The molecule has 0 spiro atoms. The third-order valence-electron chi connectivity index (χ3n) is 6.50. The van der Waals surface area contributed by atoms with Crippen LogP contribution in [0.15, 0.2) is 41.7 Å². The molecule has 0 amide bonds. The van der Waals surface area contributed by atoms with Crippen molar-refractivity contribution in [2.75, 3.05) is 31.4 Å². The number of rotatable bonds is 8. The number of nitrogens with one attached hydrogen (secondary N) is 1. The largest absolute Gasteiger partial charge is 0.377 e. The topological polar surface area (TPSA) is 104 Å². The van der Waals surface area contributed by atoms with Gasteiger partial charge in [0.05, 0.1) is 42.5 Å². The van der Waals surface area contributed by atoms with E-state index in [1.54, 1.807) is 12.4 Å². The van der Waals surface area contributed by atoms with E-state index in [9.17, 15) is 4.39 Å². The third kappa shape index (κ3) is 4.87. The number of H-pyrrole nitrogens is 1. The van der Waals surface area contributed by atoms with E-state index < -0.39 is 0 Å². The van der Waals surface area contributed by atoms with Crippen LogP contribution in [0, 0.1) is 5.82 Å². The molecule has 10 heteroatoms. The van der Waals surface area contributed by atoms with E-state index in [1.165, 1.54) is 12.1 Å². The maximum atomic E-state index is 14.6. The summed E-state index contributed by atoms with van der Waals surface area (Å²) in [4.78, 5) is 19.0. The van der Waals surface area contributed by atoms with E-state index in [2.05, 4.69) is 26.9 Å². The molecule has 3 aromatic heterocycles. The number of benzene rings is 1. The Morgan fingerprint density at radius 3 is 2.97 bits per heavy atom. The normalized spacial score (nSPS) is 16.4. The van der Waals surface area contributed by atoms with Crippen LogP contribution in [0.1, 0.15) is 25.3 Å². The number of ether oxygens (including phenoxy) is 1. The molecule has 4 heterocycles. The maximum absolute atomic E-state index is 14.6. The summed E-state index contributed by atoms with van der Waals surface area (Å²) in [5.74, 6) is 0.264. The molecule has 1 aliphatic rings. The molecule has 0 aliphatic carbocycles. The first-order valence-corrected chi connectivity index (χ1v) is 12.2. The lowest BCUT2D eigenvalue weighted by Crippen LogP contribution is -2.44. The Hall–Kier alpha value is -3.63. The molecule has 0 bridgehead atoms. The summed E-state index contributed by atoms with van der Waals surface area (Å²) < 4.78 is 22.0. The maximum Gasteiger partial charge on any atom is 0.226 e. The van der Waals surface area contributed by atoms with Crippen molar-refractivity contribution in [3.05, 3.63) is 48.0 Å². The Morgan fingerprint density at radius 1 is 1.28 bits per heavy atom. The van der Waals surface area contributed by atoms with E-state index in [1.807, 2.05) is 30.1 Å². The summed E-state index contributed by atoms with van der Waals surface area (Å²) in [5, 5.41) is 14.3. The molecule has 1 fully saturated rings. The van der Waals surface area contributed by atoms with Crippen LogP contribution >= 0.6 is 0 Å². The van der Waals surface area contributed by atoms with E-state index in [0.717, 1.165) is 47.1 Å². The van der Waals surface area contributed by atoms with Gasteiger partial charge >= 0.3 is 0 Å². The minimum absolute atomic E-state index is 0.110. The van der Waals surface area contributed by atoms with Crippen molar-refractivity contribution in [2.24, 2.45) is 12.0 Å². The van der Waals surface area contributed by atoms with E-state index in [4.69, 9.17) is 19.8 Å². The van der Waals surface area contributed by atoms with Gasteiger partial charge in [-0.25, -0.2) is 14.4 Å². The summed E-state index contributed by atoms with van der Waals surface area (Å²) >= 11 is 0. The number of aromatic amines is 1. The Bertz CT molecular complexity index is 1380. The van der Waals surface area contributed by atoms with Crippen molar-refractivity contribution in [3.63, 3.8) is 0 Å². The number of aromatic nitrogens is 5. The molecule has 188 valence electrons. The van der Waals surface area contributed by atoms with Crippen molar-refractivity contribution in [3.8, 4) is 22.6 Å². The zero-order chi connectivity index (χ0) is 25.1. The molecule has 1 atom stereocenters. The zero-order valence-corrected chi connectivity index (χ0v) is 20.5. The fourth-order valence-corrected chi connectivity index (χ4v) is 4.72. The predicted octanol–water partition coefficient (Wildman–Crippen LogP) is 3.73. The molecule has 4 aromatic rings. The number of hydrogen-bond acceptors (Lipinski definition) is 7. The fraction of sp³-hybridized carbons (Fsp3) is 0.385. The number of aliphatic imine (C=N–C) groups is 1. The minimum atomic E-state index is -0.327. The lowest BCUT2D eigenvalue weighted by Gasteiger charge is -2.33. The first-order valence-electron chi connectivity index (χ1n) is 12.2. The minimum Gasteiger partial charge on any atom is -0.377 e. The monoisotopic (exact) mass is 491 g/mol. The molecule has 0 saturated carbocycles. The molecular formula is C26H30FN7O2. The van der Waals surface area contributed by atoms with Gasteiger partial charge in [0.2, 0.25) is 5.95 Å². The molecule has 1 aromatic carbocycles. The van der Waals surface area contributed by atoms with Crippen LogP contribution < -0.4 is 4.90 Å². The zero-order valence-electron chi connectivity index (χ0n) is 20.5. The highest BCUT2D eigenvalue weighted by molar-refractivity contribution is 5.95. The van der Waals surface area contributed by atoms with Crippen LogP contribution in [-0.2, 0) is 18.2 Å². The van der Waals surface area contributed by atoms with Crippen LogP contribution in [0.2, 0.25) is 0 Å². The van der Waals surface area contributed by atoms with E-state index in [-0.39, 0.29) is 18.6 Å². The fourth-order valence-electron chi connectivity index (χ4n) is 4.72. The highest BCUT2D eigenvalue weighted by atomic mass is 19.1. The molecule has 1 saturated heterocycles. The lowest BCUT2D eigenvalue weighted by molar-refractivity contribution is 0.0981. The number of anilines is 1. The molecule has 9 nitrogen and oxygen atoms in total. The Labute approximate surface area is 208 Å². The van der Waals surface area contributed by atoms with Gasteiger partial charge in [0.1, 0.15) is 12.5 Å². The second-order valence-corrected chi connectivity index (χ2v) is 8.99. The van der Waals surface area contributed by atoms with Crippen molar-refractivity contribution in [1.82, 2.24) is 24.7 Å². The average Bonchev–Trinajstić information content (AvgIpc) is 3.49. The Kier molecular flexibility index (Phi) is 7.06. The number of morpholine rings is 1. The van der Waals surface area contributed by atoms with E-state index in [0.29, 0.717) is 37.0 Å². The van der Waals surface area contributed by atoms with Gasteiger partial charge < -0.3 is 19.7 Å². The first-order chi connectivity index (χ1) is 17.5. The van der Waals surface area contributed by atoms with Crippen LogP contribution in [-0.4, -0.2) is 68.6 Å². The summed E-state index contributed by atoms with van der Waals surface area (Å²) in [6.07, 6.45) is 7.81. The molecule has 36 heavy (non-hydrogen) atoms. The van der Waals surface area contributed by atoms with Gasteiger partial charge in [-0.05, 0) is 56.0 Å². The van der Waals surface area contributed by atoms with Gasteiger partial charge in [-0.15, -0.1) is 0 Å². The number of aryl methyl sites for hydroxylation is 2. The average molecular weight is 492 g/mol. The molecule has 1 aliphatic heterocycles. The number of halogens is 1. The van der Waals surface area contributed by atoms with Crippen LogP contribution in [0.25, 0.3) is 33.5 Å². The van der Waals surface area contributed by atoms with Crippen LogP contribution in [0.3, 0.4) is 0 Å². The first kappa shape index (κ1) is 24.1. The van der Waals surface area contributed by atoms with Gasteiger partial charge in [-0.1, -0.05) is 0 Å². The number of aliphatic hydroxyl groups excluding tert-OH is 1. The van der Waals surface area contributed by atoms with E-state index >= 15 is 0 Å². The SMILES string of the molecule is C[C@@H]1COCCN1c1nc(-c2cc(F)cc3[nH]ccc23)cc(-c2c(CCCC=NCO)cnn2C)n1. The Balaban J connectivity index is 1.62. The number of unbranched alkanes of at least 4 members (excludes halogenated alkanes) is 1. The van der Waals surface area contributed by atoms with Crippen molar-refractivity contribution in [2.45, 2.75) is 32.2 Å². The molecule has 0 radical (unpaired) electrons. The van der Waals surface area contributed by atoms with Crippen LogP contribution in [0.5, 0.6) is 0 Å². The third-order valence-corrected chi connectivity index (χ3v) is 6.50. The quantitative estimate of drug-likeness (QED) is 0.288. The van der Waals surface area contributed by atoms with Crippen molar-refractivity contribution < 1.29 is 14.2 Å². The van der Waals surface area contributed by atoms with Gasteiger partial charge in [0.15, 0.2) is 0 Å². The van der Waals surface area contributed by atoms with Crippen LogP contribution in [0.4, 0.5) is 10.3 Å². The van der Waals surface area contributed by atoms with Gasteiger partial charge in [0.25, 0.3) is 0 Å². The second-order valence-electron chi connectivity index (χ2n) is 8.99. The number of nitrogens with zero attached hydrogens (tertiary/aromatic N) is 6. The highest BCUT2D eigenvalue weighted by Gasteiger charge is 2.24. The molecule has 0 unspecified atom stereocenters. The second kappa shape index (κ2) is 10.5. The standard InChI is InChI=1S/C26H30FN7O2/c1-17-15-36-10-9-34(17)26-31-23(21-11-19(27)12-22-20(21)6-8-29-22)13-24(32-26)25-18(14-30-33(25)2)5-3-4-7-28-16-35/h6-8,11-14,17,29,35H,3-5,9-10,15-16H2,1-2H3/t17-/m1/s1. The number of fused-ring (bicyclic) bond motifs is 1. The summed E-state index contributed by atoms with van der Waals surface area (Å²) in [6, 6.07) is 6.99.